The highest BCUT2D eigenvalue weighted by Gasteiger charge is 2.24. The number of carbonyl (C=O) groups is 1. The number of aryl methyl sites for hydroxylation is 2. The lowest BCUT2D eigenvalue weighted by molar-refractivity contribution is 0.195. The number of rotatable bonds is 5. The molecular weight excluding hydrogens is 354 g/mol. The first kappa shape index (κ1) is 19.9. The number of hydrogen-bond acceptors (Lipinski definition) is 5. The standard InChI is InChI=1S/C21H29N5O2/c1-5-22-21(27)26-12-10-25(11-13-26)20-19(15(2)23-16(3)24-20)14-17-6-8-18(28-4)9-7-17/h6-9H,5,10-14H2,1-4H3,(H,22,27). The Hall–Kier alpha value is -2.83. The zero-order valence-electron chi connectivity index (χ0n) is 17.2. The zero-order valence-corrected chi connectivity index (χ0v) is 17.2. The van der Waals surface area contributed by atoms with Gasteiger partial charge in [0.05, 0.1) is 7.11 Å². The number of piperazine rings is 1. The van der Waals surface area contributed by atoms with Crippen molar-refractivity contribution in [3.8, 4) is 5.75 Å². The van der Waals surface area contributed by atoms with Gasteiger partial charge in [0, 0.05) is 50.4 Å². The molecule has 0 saturated carbocycles. The zero-order chi connectivity index (χ0) is 20.1. The largest absolute Gasteiger partial charge is 0.497 e. The molecule has 28 heavy (non-hydrogen) atoms. The second-order valence-corrected chi connectivity index (χ2v) is 6.99. The van der Waals surface area contributed by atoms with Crippen LogP contribution in [0.1, 0.15) is 29.6 Å². The first-order chi connectivity index (χ1) is 13.5. The number of carbonyl (C=O) groups excluding carboxylic acids is 1. The van der Waals surface area contributed by atoms with Crippen LogP contribution in [-0.2, 0) is 6.42 Å². The molecule has 150 valence electrons. The monoisotopic (exact) mass is 383 g/mol. The second kappa shape index (κ2) is 8.91. The number of benzene rings is 1. The normalized spacial score (nSPS) is 14.1. The van der Waals surface area contributed by atoms with Gasteiger partial charge in [0.1, 0.15) is 17.4 Å². The van der Waals surface area contributed by atoms with Gasteiger partial charge >= 0.3 is 6.03 Å². The molecule has 3 rings (SSSR count). The Bertz CT molecular complexity index is 814. The Morgan fingerprint density at radius 2 is 1.79 bits per heavy atom. The van der Waals surface area contributed by atoms with Crippen molar-refractivity contribution >= 4 is 11.8 Å². The molecule has 7 heteroatoms. The van der Waals surface area contributed by atoms with Gasteiger partial charge in [0.25, 0.3) is 0 Å². The minimum Gasteiger partial charge on any atom is -0.497 e. The number of urea groups is 1. The van der Waals surface area contributed by atoms with E-state index in [1.807, 2.05) is 37.8 Å². The summed E-state index contributed by atoms with van der Waals surface area (Å²) >= 11 is 0. The third-order valence-electron chi connectivity index (χ3n) is 5.04. The topological polar surface area (TPSA) is 70.6 Å². The first-order valence-corrected chi connectivity index (χ1v) is 9.76. The summed E-state index contributed by atoms with van der Waals surface area (Å²) in [6, 6.07) is 8.12. The number of anilines is 1. The summed E-state index contributed by atoms with van der Waals surface area (Å²) in [5.41, 5.74) is 3.34. The molecule has 1 N–H and O–H groups in total. The van der Waals surface area contributed by atoms with E-state index in [2.05, 4.69) is 27.3 Å². The molecule has 2 heterocycles. The van der Waals surface area contributed by atoms with Crippen molar-refractivity contribution in [2.75, 3.05) is 44.7 Å². The maximum atomic E-state index is 12.1. The van der Waals surface area contributed by atoms with Gasteiger partial charge in [-0.2, -0.15) is 0 Å². The van der Waals surface area contributed by atoms with Crippen LogP contribution in [0.4, 0.5) is 10.6 Å². The summed E-state index contributed by atoms with van der Waals surface area (Å²) in [5, 5.41) is 2.87. The summed E-state index contributed by atoms with van der Waals surface area (Å²) in [5.74, 6) is 2.61. The molecule has 0 atom stereocenters. The van der Waals surface area contributed by atoms with E-state index in [-0.39, 0.29) is 6.03 Å². The van der Waals surface area contributed by atoms with E-state index in [0.29, 0.717) is 19.6 Å². The fraction of sp³-hybridized carbons (Fsp3) is 0.476. The van der Waals surface area contributed by atoms with E-state index in [9.17, 15) is 4.79 Å². The van der Waals surface area contributed by atoms with Gasteiger partial charge in [-0.25, -0.2) is 14.8 Å². The van der Waals surface area contributed by atoms with Crippen LogP contribution < -0.4 is 15.0 Å². The van der Waals surface area contributed by atoms with E-state index in [0.717, 1.165) is 48.2 Å². The average Bonchev–Trinajstić information content (AvgIpc) is 2.70. The molecule has 1 aromatic heterocycles. The predicted octanol–water partition coefficient (Wildman–Crippen LogP) is 2.54. The summed E-state index contributed by atoms with van der Waals surface area (Å²) in [4.78, 5) is 25.6. The SMILES string of the molecule is CCNC(=O)N1CCN(c2nc(C)nc(C)c2Cc2ccc(OC)cc2)CC1. The molecule has 1 fully saturated rings. The van der Waals surface area contributed by atoms with Gasteiger partial charge in [-0.1, -0.05) is 12.1 Å². The lowest BCUT2D eigenvalue weighted by Gasteiger charge is -2.36. The van der Waals surface area contributed by atoms with Crippen molar-refractivity contribution in [1.29, 1.82) is 0 Å². The van der Waals surface area contributed by atoms with Crippen molar-refractivity contribution in [3.05, 3.63) is 46.9 Å². The number of nitrogens with zero attached hydrogens (tertiary/aromatic N) is 4. The van der Waals surface area contributed by atoms with Crippen LogP contribution in [0.2, 0.25) is 0 Å². The van der Waals surface area contributed by atoms with Crippen molar-refractivity contribution in [3.63, 3.8) is 0 Å². The van der Waals surface area contributed by atoms with Gasteiger partial charge in [0.2, 0.25) is 0 Å². The highest BCUT2D eigenvalue weighted by molar-refractivity contribution is 5.74. The summed E-state index contributed by atoms with van der Waals surface area (Å²) in [6.07, 6.45) is 0.766. The van der Waals surface area contributed by atoms with Gasteiger partial charge in [-0.3, -0.25) is 0 Å². The summed E-state index contributed by atoms with van der Waals surface area (Å²) in [7, 11) is 1.67. The fourth-order valence-electron chi connectivity index (χ4n) is 3.52. The Morgan fingerprint density at radius 1 is 1.11 bits per heavy atom. The lowest BCUT2D eigenvalue weighted by Crippen LogP contribution is -2.52. The van der Waals surface area contributed by atoms with E-state index in [1.165, 1.54) is 5.56 Å². The van der Waals surface area contributed by atoms with Gasteiger partial charge in [-0.15, -0.1) is 0 Å². The molecule has 0 bridgehead atoms. The van der Waals surface area contributed by atoms with E-state index >= 15 is 0 Å². The third-order valence-corrected chi connectivity index (χ3v) is 5.04. The van der Waals surface area contributed by atoms with Crippen molar-refractivity contribution in [2.24, 2.45) is 0 Å². The molecular formula is C21H29N5O2. The maximum Gasteiger partial charge on any atom is 0.317 e. The number of amides is 2. The first-order valence-electron chi connectivity index (χ1n) is 9.76. The molecule has 0 radical (unpaired) electrons. The number of aromatic nitrogens is 2. The number of ether oxygens (including phenoxy) is 1. The average molecular weight is 383 g/mol. The van der Waals surface area contributed by atoms with E-state index in [1.54, 1.807) is 7.11 Å². The fourth-order valence-corrected chi connectivity index (χ4v) is 3.52. The van der Waals surface area contributed by atoms with Crippen LogP contribution in [0.5, 0.6) is 5.75 Å². The molecule has 0 spiro atoms. The molecule has 2 amide bonds. The number of methoxy groups -OCH3 is 1. The Balaban J connectivity index is 1.80. The molecule has 7 nitrogen and oxygen atoms in total. The van der Waals surface area contributed by atoms with Crippen LogP contribution in [0, 0.1) is 13.8 Å². The maximum absolute atomic E-state index is 12.1. The van der Waals surface area contributed by atoms with Crippen LogP contribution in [-0.4, -0.2) is 60.7 Å². The highest BCUT2D eigenvalue weighted by atomic mass is 16.5. The quantitative estimate of drug-likeness (QED) is 0.859. The lowest BCUT2D eigenvalue weighted by atomic mass is 10.0. The summed E-state index contributed by atoms with van der Waals surface area (Å²) < 4.78 is 5.25. The smallest absolute Gasteiger partial charge is 0.317 e. The number of nitrogens with one attached hydrogen (secondary N) is 1. The minimum absolute atomic E-state index is 0.00987. The van der Waals surface area contributed by atoms with Gasteiger partial charge in [-0.05, 0) is 38.5 Å². The number of hydrogen-bond donors (Lipinski definition) is 1. The Labute approximate surface area is 166 Å². The minimum atomic E-state index is 0.00987. The van der Waals surface area contributed by atoms with Crippen LogP contribution in [0.15, 0.2) is 24.3 Å². The van der Waals surface area contributed by atoms with Crippen molar-refractivity contribution in [1.82, 2.24) is 20.2 Å². The van der Waals surface area contributed by atoms with Crippen LogP contribution in [0.3, 0.4) is 0 Å². The van der Waals surface area contributed by atoms with E-state index < -0.39 is 0 Å². The third kappa shape index (κ3) is 4.52. The molecule has 0 unspecified atom stereocenters. The van der Waals surface area contributed by atoms with Crippen LogP contribution >= 0.6 is 0 Å². The Kier molecular flexibility index (Phi) is 6.34. The molecule has 1 aliphatic rings. The van der Waals surface area contributed by atoms with Gasteiger partial charge in [0.15, 0.2) is 0 Å². The second-order valence-electron chi connectivity index (χ2n) is 6.99. The van der Waals surface area contributed by atoms with Crippen molar-refractivity contribution < 1.29 is 9.53 Å². The molecule has 2 aromatic rings. The Morgan fingerprint density at radius 3 is 2.39 bits per heavy atom. The predicted molar refractivity (Wildman–Crippen MR) is 110 cm³/mol. The van der Waals surface area contributed by atoms with Gasteiger partial charge < -0.3 is 19.9 Å². The van der Waals surface area contributed by atoms with Crippen LogP contribution in [0.25, 0.3) is 0 Å². The molecule has 1 aliphatic heterocycles. The van der Waals surface area contributed by atoms with E-state index in [4.69, 9.17) is 9.72 Å². The highest BCUT2D eigenvalue weighted by Crippen LogP contribution is 2.26. The molecule has 1 saturated heterocycles. The van der Waals surface area contributed by atoms with Crippen molar-refractivity contribution in [2.45, 2.75) is 27.2 Å². The summed E-state index contributed by atoms with van der Waals surface area (Å²) in [6.45, 7) is 9.47. The molecule has 0 aliphatic carbocycles. The molecule has 1 aromatic carbocycles.